The second-order valence-corrected chi connectivity index (χ2v) is 5.06. The average molecular weight is 262 g/mol. The molecule has 106 valence electrons. The first-order valence-electron chi connectivity index (χ1n) is 5.78. The van der Waals surface area contributed by atoms with Crippen molar-refractivity contribution in [3.63, 3.8) is 0 Å². The molecule has 0 atom stereocenters. The lowest BCUT2D eigenvalue weighted by atomic mass is 9.90. The summed E-state index contributed by atoms with van der Waals surface area (Å²) in [5.74, 6) is 0.584. The van der Waals surface area contributed by atoms with Gasteiger partial charge in [-0.3, -0.25) is 0 Å². The van der Waals surface area contributed by atoms with Gasteiger partial charge in [0.1, 0.15) is 0 Å². The number of hydrogen-bond donors (Lipinski definition) is 4. The van der Waals surface area contributed by atoms with Crippen LogP contribution in [0.4, 0.5) is 0 Å². The molecule has 0 aromatic rings. The van der Waals surface area contributed by atoms with E-state index < -0.39 is 18.5 Å². The maximum atomic E-state index is 9.10. The molecule has 0 saturated carbocycles. The van der Waals surface area contributed by atoms with Crippen molar-refractivity contribution in [3.8, 4) is 0 Å². The van der Waals surface area contributed by atoms with Gasteiger partial charge in [0.2, 0.25) is 0 Å². The molecular formula is C11H23BO6. The first-order chi connectivity index (χ1) is 8.04. The van der Waals surface area contributed by atoms with Crippen molar-refractivity contribution in [3.05, 3.63) is 11.8 Å². The summed E-state index contributed by atoms with van der Waals surface area (Å²) in [4.78, 5) is 0. The Morgan fingerprint density at radius 2 is 1.67 bits per heavy atom. The summed E-state index contributed by atoms with van der Waals surface area (Å²) in [6.07, 6.45) is 2.29. The SMILES string of the molecule is CC(C)(O)C(C)(C)O.OB(O)OC1=CCOCC1. The molecular weight excluding hydrogens is 239 g/mol. The van der Waals surface area contributed by atoms with E-state index in [1.54, 1.807) is 33.8 Å². The minimum Gasteiger partial charge on any atom is -0.516 e. The topological polar surface area (TPSA) is 99.4 Å². The van der Waals surface area contributed by atoms with E-state index in [0.29, 0.717) is 25.4 Å². The lowest BCUT2D eigenvalue weighted by molar-refractivity contribution is -0.107. The van der Waals surface area contributed by atoms with Crippen LogP contribution < -0.4 is 0 Å². The maximum absolute atomic E-state index is 9.10. The van der Waals surface area contributed by atoms with E-state index in [2.05, 4.69) is 4.65 Å². The highest BCUT2D eigenvalue weighted by Crippen LogP contribution is 2.19. The second-order valence-electron chi connectivity index (χ2n) is 5.06. The molecule has 1 aliphatic rings. The normalized spacial score (nSPS) is 16.3. The molecule has 7 heteroatoms. The molecule has 0 bridgehead atoms. The van der Waals surface area contributed by atoms with Gasteiger partial charge in [0.05, 0.1) is 30.2 Å². The Balaban J connectivity index is 0.000000331. The van der Waals surface area contributed by atoms with E-state index in [0.717, 1.165) is 0 Å². The number of rotatable bonds is 3. The highest BCUT2D eigenvalue weighted by Gasteiger charge is 2.31. The molecule has 0 fully saturated rings. The van der Waals surface area contributed by atoms with Gasteiger partial charge >= 0.3 is 7.32 Å². The molecule has 18 heavy (non-hydrogen) atoms. The molecule has 0 aromatic heterocycles. The fourth-order valence-electron chi connectivity index (χ4n) is 0.752. The maximum Gasteiger partial charge on any atom is 0.707 e. The van der Waals surface area contributed by atoms with Gasteiger partial charge in [-0.2, -0.15) is 0 Å². The highest BCUT2D eigenvalue weighted by molar-refractivity contribution is 6.33. The van der Waals surface area contributed by atoms with Crippen LogP contribution in [0.3, 0.4) is 0 Å². The van der Waals surface area contributed by atoms with Crippen molar-refractivity contribution in [2.24, 2.45) is 0 Å². The molecule has 1 heterocycles. The van der Waals surface area contributed by atoms with Crippen LogP contribution in [0.5, 0.6) is 0 Å². The molecule has 0 saturated heterocycles. The van der Waals surface area contributed by atoms with Gasteiger partial charge in [-0.15, -0.1) is 0 Å². The molecule has 4 N–H and O–H groups in total. The predicted octanol–water partition coefficient (Wildman–Crippen LogP) is -0.195. The van der Waals surface area contributed by atoms with Gasteiger partial charge in [0.15, 0.2) is 0 Å². The van der Waals surface area contributed by atoms with Gasteiger partial charge in [0, 0.05) is 6.42 Å². The van der Waals surface area contributed by atoms with Crippen LogP contribution in [-0.4, -0.2) is 52.0 Å². The highest BCUT2D eigenvalue weighted by atomic mass is 16.6. The Morgan fingerprint density at radius 1 is 1.17 bits per heavy atom. The van der Waals surface area contributed by atoms with Crippen LogP contribution >= 0.6 is 0 Å². The minimum absolute atomic E-state index is 0.488. The van der Waals surface area contributed by atoms with Crippen molar-refractivity contribution in [1.29, 1.82) is 0 Å². The van der Waals surface area contributed by atoms with E-state index in [1.807, 2.05) is 0 Å². The summed E-state index contributed by atoms with van der Waals surface area (Å²) in [5, 5.41) is 34.9. The summed E-state index contributed by atoms with van der Waals surface area (Å²) in [7, 11) is -1.70. The van der Waals surface area contributed by atoms with Gasteiger partial charge in [-0.1, -0.05) is 0 Å². The molecule has 0 aliphatic carbocycles. The molecule has 0 spiro atoms. The summed E-state index contributed by atoms with van der Waals surface area (Å²) in [6.45, 7) is 7.38. The second kappa shape index (κ2) is 7.11. The van der Waals surface area contributed by atoms with E-state index in [1.165, 1.54) is 0 Å². The fourth-order valence-corrected chi connectivity index (χ4v) is 0.752. The van der Waals surface area contributed by atoms with Crippen LogP contribution in [0.2, 0.25) is 0 Å². The van der Waals surface area contributed by atoms with Crippen LogP contribution in [0.15, 0.2) is 11.8 Å². The zero-order chi connectivity index (χ0) is 14.4. The standard InChI is InChI=1S/C6H14O2.C5H9BO4/c1-5(2,7)6(3,4)8;7-6(8)10-5-1-3-9-4-2-5/h7-8H,1-4H3;1,7-8H,2-4H2. The lowest BCUT2D eigenvalue weighted by Gasteiger charge is -2.31. The minimum atomic E-state index is -1.70. The molecule has 0 unspecified atom stereocenters. The summed E-state index contributed by atoms with van der Waals surface area (Å²) < 4.78 is 9.54. The fraction of sp³-hybridized carbons (Fsp3) is 0.818. The van der Waals surface area contributed by atoms with Crippen LogP contribution in [0.1, 0.15) is 34.1 Å². The summed E-state index contributed by atoms with van der Waals surface area (Å²) in [5.41, 5.74) is -2.01. The molecule has 6 nitrogen and oxygen atoms in total. The van der Waals surface area contributed by atoms with E-state index in [4.69, 9.17) is 25.0 Å². The van der Waals surface area contributed by atoms with Gasteiger partial charge in [0.25, 0.3) is 0 Å². The van der Waals surface area contributed by atoms with E-state index >= 15 is 0 Å². The molecule has 1 rings (SSSR count). The Bertz CT molecular complexity index is 252. The Morgan fingerprint density at radius 3 is 1.94 bits per heavy atom. The number of ether oxygens (including phenoxy) is 1. The zero-order valence-corrected chi connectivity index (χ0v) is 11.4. The quantitative estimate of drug-likeness (QED) is 0.526. The number of aliphatic hydroxyl groups is 2. The van der Waals surface area contributed by atoms with Gasteiger partial charge < -0.3 is 29.7 Å². The van der Waals surface area contributed by atoms with Crippen LogP contribution in [0.25, 0.3) is 0 Å². The molecule has 1 aliphatic heterocycles. The number of hydrogen-bond acceptors (Lipinski definition) is 6. The average Bonchev–Trinajstić information content (AvgIpc) is 2.15. The largest absolute Gasteiger partial charge is 0.707 e. The first kappa shape index (κ1) is 17.4. The van der Waals surface area contributed by atoms with Crippen molar-refractivity contribution in [2.75, 3.05) is 13.2 Å². The third-order valence-corrected chi connectivity index (χ3v) is 2.68. The van der Waals surface area contributed by atoms with E-state index in [-0.39, 0.29) is 0 Å². The summed E-state index contributed by atoms with van der Waals surface area (Å²) >= 11 is 0. The smallest absolute Gasteiger partial charge is 0.516 e. The Hall–Kier alpha value is -0.595. The predicted molar refractivity (Wildman–Crippen MR) is 67.4 cm³/mol. The van der Waals surface area contributed by atoms with Crippen LogP contribution in [0, 0.1) is 0 Å². The van der Waals surface area contributed by atoms with Crippen molar-refractivity contribution >= 4 is 7.32 Å². The Kier molecular flexibility index (Phi) is 6.87. The molecule has 0 radical (unpaired) electrons. The van der Waals surface area contributed by atoms with Crippen molar-refractivity contribution < 1.29 is 29.7 Å². The molecule has 0 aromatic carbocycles. The zero-order valence-electron chi connectivity index (χ0n) is 11.4. The van der Waals surface area contributed by atoms with Gasteiger partial charge in [-0.25, -0.2) is 0 Å². The summed E-state index contributed by atoms with van der Waals surface area (Å²) in [6, 6.07) is 0. The Labute approximate surface area is 108 Å². The monoisotopic (exact) mass is 262 g/mol. The third kappa shape index (κ3) is 7.68. The van der Waals surface area contributed by atoms with Crippen LogP contribution in [-0.2, 0) is 9.39 Å². The van der Waals surface area contributed by atoms with E-state index in [9.17, 15) is 0 Å². The lowest BCUT2D eigenvalue weighted by Crippen LogP contribution is -2.44. The van der Waals surface area contributed by atoms with Crippen molar-refractivity contribution in [2.45, 2.75) is 45.3 Å². The van der Waals surface area contributed by atoms with Gasteiger partial charge in [-0.05, 0) is 33.8 Å². The molecule has 0 amide bonds. The van der Waals surface area contributed by atoms with Crippen molar-refractivity contribution in [1.82, 2.24) is 0 Å². The third-order valence-electron chi connectivity index (χ3n) is 2.68. The first-order valence-corrected chi connectivity index (χ1v) is 5.78.